The second-order valence-corrected chi connectivity index (χ2v) is 4.24. The first-order chi connectivity index (χ1) is 10.0. The number of furan rings is 1. The van der Waals surface area contributed by atoms with E-state index in [1.54, 1.807) is 12.1 Å². The van der Waals surface area contributed by atoms with Crippen LogP contribution in [0.3, 0.4) is 0 Å². The number of carboxylic acid groups (broad SMARTS) is 1. The van der Waals surface area contributed by atoms with Gasteiger partial charge in [0.25, 0.3) is 0 Å². The topological polar surface area (TPSA) is 118 Å². The summed E-state index contributed by atoms with van der Waals surface area (Å²) < 4.78 is 9.52. The highest BCUT2D eigenvalue weighted by Gasteiger charge is 2.21. The number of ether oxygens (including phenoxy) is 1. The molecule has 2 amide bonds. The molecule has 116 valence electrons. The van der Waals surface area contributed by atoms with Crippen molar-refractivity contribution in [1.82, 2.24) is 10.6 Å². The zero-order chi connectivity index (χ0) is 15.7. The summed E-state index contributed by atoms with van der Waals surface area (Å²) in [4.78, 5) is 33.5. The third kappa shape index (κ3) is 6.46. The van der Waals surface area contributed by atoms with Crippen LogP contribution in [-0.4, -0.2) is 42.8 Å². The molecule has 0 fully saturated rings. The molecule has 0 radical (unpaired) electrons. The van der Waals surface area contributed by atoms with Gasteiger partial charge in [-0.25, -0.2) is 9.59 Å². The minimum Gasteiger partial charge on any atom is -0.480 e. The molecule has 0 unspecified atom stereocenters. The molecule has 0 spiro atoms. The van der Waals surface area contributed by atoms with Crippen molar-refractivity contribution in [2.45, 2.75) is 25.3 Å². The quantitative estimate of drug-likeness (QED) is 0.602. The summed E-state index contributed by atoms with van der Waals surface area (Å²) in [5.41, 5.74) is 0. The minimum absolute atomic E-state index is 0.0341. The number of hydrogen-bond donors (Lipinski definition) is 3. The maximum atomic E-state index is 11.6. The van der Waals surface area contributed by atoms with E-state index in [9.17, 15) is 14.4 Å². The van der Waals surface area contributed by atoms with Crippen LogP contribution in [0.5, 0.6) is 0 Å². The molecule has 0 aromatic carbocycles. The Bertz CT molecular complexity index is 471. The molecule has 3 N–H and O–H groups in total. The van der Waals surface area contributed by atoms with Gasteiger partial charge >= 0.3 is 18.0 Å². The van der Waals surface area contributed by atoms with E-state index in [0.29, 0.717) is 13.0 Å². The fourth-order valence-corrected chi connectivity index (χ4v) is 1.58. The highest BCUT2D eigenvalue weighted by molar-refractivity contribution is 5.83. The summed E-state index contributed by atoms with van der Waals surface area (Å²) in [6.45, 7) is 0.308. The molecule has 0 saturated heterocycles. The summed E-state index contributed by atoms with van der Waals surface area (Å²) in [6.07, 6.45) is 1.91. The fourth-order valence-electron chi connectivity index (χ4n) is 1.58. The molecule has 21 heavy (non-hydrogen) atoms. The first kappa shape index (κ1) is 16.5. The molecule has 8 heteroatoms. The summed E-state index contributed by atoms with van der Waals surface area (Å²) in [5, 5.41) is 13.8. The standard InChI is InChI=1S/C13H18N2O6/c1-20-11(16)5-4-10(12(17)18)15-13(19)14-7-6-9-3-2-8-21-9/h2-3,8,10H,4-7H2,1H3,(H,17,18)(H2,14,15,19)/t10-/m0/s1. The van der Waals surface area contributed by atoms with Gasteiger partial charge in [-0.1, -0.05) is 0 Å². The Labute approximate surface area is 121 Å². The van der Waals surface area contributed by atoms with E-state index in [1.165, 1.54) is 13.4 Å². The van der Waals surface area contributed by atoms with Crippen LogP contribution in [0.1, 0.15) is 18.6 Å². The lowest BCUT2D eigenvalue weighted by Gasteiger charge is -2.14. The van der Waals surface area contributed by atoms with Gasteiger partial charge in [-0.05, 0) is 18.6 Å². The molecule has 0 aliphatic heterocycles. The lowest BCUT2D eigenvalue weighted by molar-refractivity contribution is -0.142. The number of amides is 2. The SMILES string of the molecule is COC(=O)CC[C@H](NC(=O)NCCc1ccco1)C(=O)O. The molecular formula is C13H18N2O6. The maximum Gasteiger partial charge on any atom is 0.326 e. The molecular weight excluding hydrogens is 280 g/mol. The minimum atomic E-state index is -1.21. The molecule has 1 atom stereocenters. The first-order valence-corrected chi connectivity index (χ1v) is 6.39. The van der Waals surface area contributed by atoms with Gasteiger partial charge in [0.2, 0.25) is 0 Å². The van der Waals surface area contributed by atoms with Crippen molar-refractivity contribution in [2.75, 3.05) is 13.7 Å². The Morgan fingerprint density at radius 1 is 1.43 bits per heavy atom. The summed E-state index contributed by atoms with van der Waals surface area (Å²) in [7, 11) is 1.22. The van der Waals surface area contributed by atoms with Crippen LogP contribution < -0.4 is 10.6 Å². The zero-order valence-electron chi connectivity index (χ0n) is 11.6. The lowest BCUT2D eigenvalue weighted by atomic mass is 10.1. The average molecular weight is 298 g/mol. The molecule has 1 aromatic heterocycles. The van der Waals surface area contributed by atoms with Gasteiger partial charge in [-0.2, -0.15) is 0 Å². The van der Waals surface area contributed by atoms with E-state index in [0.717, 1.165) is 5.76 Å². The number of rotatable bonds is 8. The molecule has 0 saturated carbocycles. The molecule has 1 rings (SSSR count). The first-order valence-electron chi connectivity index (χ1n) is 6.39. The van der Waals surface area contributed by atoms with Gasteiger partial charge in [-0.15, -0.1) is 0 Å². The Morgan fingerprint density at radius 2 is 2.19 bits per heavy atom. The number of carbonyl (C=O) groups is 3. The highest BCUT2D eigenvalue weighted by Crippen LogP contribution is 2.01. The van der Waals surface area contributed by atoms with E-state index in [4.69, 9.17) is 9.52 Å². The van der Waals surface area contributed by atoms with Crippen molar-refractivity contribution in [3.05, 3.63) is 24.2 Å². The van der Waals surface area contributed by atoms with Crippen molar-refractivity contribution >= 4 is 18.0 Å². The van der Waals surface area contributed by atoms with Gasteiger partial charge in [0.15, 0.2) is 0 Å². The number of urea groups is 1. The predicted molar refractivity (Wildman–Crippen MR) is 71.6 cm³/mol. The second-order valence-electron chi connectivity index (χ2n) is 4.24. The summed E-state index contributed by atoms with van der Waals surface area (Å²) in [6, 6.07) is 1.75. The van der Waals surface area contributed by atoms with Crippen LogP contribution in [0.4, 0.5) is 4.79 Å². The van der Waals surface area contributed by atoms with Crippen molar-refractivity contribution in [2.24, 2.45) is 0 Å². The normalized spacial score (nSPS) is 11.5. The van der Waals surface area contributed by atoms with Crippen molar-refractivity contribution in [3.8, 4) is 0 Å². The Balaban J connectivity index is 2.31. The number of esters is 1. The third-order valence-electron chi connectivity index (χ3n) is 2.71. The lowest BCUT2D eigenvalue weighted by Crippen LogP contribution is -2.46. The third-order valence-corrected chi connectivity index (χ3v) is 2.71. The van der Waals surface area contributed by atoms with Crippen LogP contribution in [0.2, 0.25) is 0 Å². The zero-order valence-corrected chi connectivity index (χ0v) is 11.6. The van der Waals surface area contributed by atoms with E-state index < -0.39 is 24.0 Å². The second kappa shape index (κ2) is 8.62. The number of methoxy groups -OCH3 is 1. The van der Waals surface area contributed by atoms with Gasteiger partial charge in [0, 0.05) is 19.4 Å². The Hall–Kier alpha value is -2.51. The predicted octanol–water partition coefficient (Wildman–Crippen LogP) is 0.528. The molecule has 0 bridgehead atoms. The van der Waals surface area contributed by atoms with E-state index in [-0.39, 0.29) is 12.8 Å². The van der Waals surface area contributed by atoms with Crippen LogP contribution in [0.15, 0.2) is 22.8 Å². The number of hydrogen-bond acceptors (Lipinski definition) is 5. The summed E-state index contributed by atoms with van der Waals surface area (Å²) >= 11 is 0. The highest BCUT2D eigenvalue weighted by atomic mass is 16.5. The Kier molecular flexibility index (Phi) is 6.79. The molecule has 8 nitrogen and oxygen atoms in total. The van der Waals surface area contributed by atoms with Crippen LogP contribution in [0.25, 0.3) is 0 Å². The van der Waals surface area contributed by atoms with Crippen LogP contribution in [-0.2, 0) is 20.7 Å². The number of aliphatic carboxylic acids is 1. The van der Waals surface area contributed by atoms with Gasteiger partial charge in [0.1, 0.15) is 11.8 Å². The van der Waals surface area contributed by atoms with Crippen molar-refractivity contribution < 1.29 is 28.6 Å². The number of carboxylic acids is 1. The molecule has 0 aliphatic carbocycles. The molecule has 1 heterocycles. The monoisotopic (exact) mass is 298 g/mol. The summed E-state index contributed by atoms with van der Waals surface area (Å²) in [5.74, 6) is -1.02. The maximum absolute atomic E-state index is 11.6. The van der Waals surface area contributed by atoms with Gasteiger partial charge in [0.05, 0.1) is 13.4 Å². The fraction of sp³-hybridized carbons (Fsp3) is 0.462. The van der Waals surface area contributed by atoms with Gasteiger partial charge in [-0.3, -0.25) is 4.79 Å². The van der Waals surface area contributed by atoms with Gasteiger partial charge < -0.3 is 24.9 Å². The average Bonchev–Trinajstić information content (AvgIpc) is 2.95. The van der Waals surface area contributed by atoms with Crippen molar-refractivity contribution in [3.63, 3.8) is 0 Å². The van der Waals surface area contributed by atoms with Crippen molar-refractivity contribution in [1.29, 1.82) is 0 Å². The van der Waals surface area contributed by atoms with E-state index in [1.807, 2.05) is 0 Å². The van der Waals surface area contributed by atoms with E-state index >= 15 is 0 Å². The van der Waals surface area contributed by atoms with Crippen LogP contribution in [0, 0.1) is 0 Å². The largest absolute Gasteiger partial charge is 0.480 e. The van der Waals surface area contributed by atoms with Crippen LogP contribution >= 0.6 is 0 Å². The smallest absolute Gasteiger partial charge is 0.326 e. The number of carbonyl (C=O) groups excluding carboxylic acids is 2. The number of nitrogens with one attached hydrogen (secondary N) is 2. The Morgan fingerprint density at radius 3 is 2.76 bits per heavy atom. The van der Waals surface area contributed by atoms with E-state index in [2.05, 4.69) is 15.4 Å². The molecule has 1 aromatic rings. The molecule has 0 aliphatic rings.